The zero-order valence-electron chi connectivity index (χ0n) is 27.2. The third-order valence-electron chi connectivity index (χ3n) is 9.49. The SMILES string of the molecule is COc1cc2c(cc1OC(C)C)[C@H](c1ccc(Cl)cc1)N(c1ccc(N(C)C[C@H]3CC[C@H](N4CCNC(=O)C4)CC3)cn1)C(=O)C2. The monoisotopic (exact) mass is 645 g/mol. The first-order valence-corrected chi connectivity index (χ1v) is 16.7. The summed E-state index contributed by atoms with van der Waals surface area (Å²) in [5.74, 6) is 2.55. The van der Waals surface area contributed by atoms with Gasteiger partial charge in [-0.2, -0.15) is 0 Å². The topological polar surface area (TPSA) is 87.2 Å². The van der Waals surface area contributed by atoms with Crippen molar-refractivity contribution in [1.82, 2.24) is 15.2 Å². The third kappa shape index (κ3) is 6.95. The Labute approximate surface area is 276 Å². The maximum atomic E-state index is 13.9. The highest BCUT2D eigenvalue weighted by molar-refractivity contribution is 6.30. The standard InChI is InChI=1S/C36H44ClN5O4/c1-23(2)46-32-19-30-26(17-31(32)45-4)18-35(44)42(36(30)25-7-9-27(37)10-8-25)33-14-13-29(20-39-33)40(3)21-24-5-11-28(12-6-24)41-16-15-38-34(43)22-41/h7-10,13-14,17,19-20,23-24,28,36H,5-6,11-12,15-16,18,21-22H2,1-4H3,(H,38,43)/t24-,28-,36-/m0/s1. The minimum absolute atomic E-state index is 0.0383. The number of hydrogen-bond donors (Lipinski definition) is 1. The van der Waals surface area contributed by atoms with Crippen molar-refractivity contribution < 1.29 is 19.1 Å². The van der Waals surface area contributed by atoms with Gasteiger partial charge in [0.2, 0.25) is 11.8 Å². The second-order valence-corrected chi connectivity index (χ2v) is 13.4. The molecule has 6 rings (SSSR count). The van der Waals surface area contributed by atoms with Gasteiger partial charge in [-0.25, -0.2) is 4.98 Å². The molecular formula is C36H44ClN5O4. The Kier molecular flexibility index (Phi) is 9.70. The lowest BCUT2D eigenvalue weighted by Gasteiger charge is -2.39. The van der Waals surface area contributed by atoms with Crippen molar-refractivity contribution in [3.8, 4) is 11.5 Å². The molecule has 3 aliphatic rings. The summed E-state index contributed by atoms with van der Waals surface area (Å²) >= 11 is 6.27. The summed E-state index contributed by atoms with van der Waals surface area (Å²) in [6, 6.07) is 15.7. The van der Waals surface area contributed by atoms with Crippen LogP contribution in [0.15, 0.2) is 54.7 Å². The van der Waals surface area contributed by atoms with Gasteiger partial charge in [-0.3, -0.25) is 19.4 Å². The van der Waals surface area contributed by atoms with Crippen LogP contribution >= 0.6 is 11.6 Å². The average Bonchev–Trinajstić information content (AvgIpc) is 3.05. The minimum atomic E-state index is -0.411. The Morgan fingerprint density at radius 1 is 1.04 bits per heavy atom. The molecule has 1 N–H and O–H groups in total. The van der Waals surface area contributed by atoms with Gasteiger partial charge in [-0.1, -0.05) is 23.7 Å². The van der Waals surface area contributed by atoms with Gasteiger partial charge in [0.05, 0.1) is 44.1 Å². The van der Waals surface area contributed by atoms with Gasteiger partial charge in [0.15, 0.2) is 11.5 Å². The summed E-state index contributed by atoms with van der Waals surface area (Å²) in [6.45, 7) is 7.13. The highest BCUT2D eigenvalue weighted by Crippen LogP contribution is 2.43. The fraction of sp³-hybridized carbons (Fsp3) is 0.472. The number of anilines is 2. The summed E-state index contributed by atoms with van der Waals surface area (Å²) < 4.78 is 11.8. The van der Waals surface area contributed by atoms with E-state index >= 15 is 0 Å². The van der Waals surface area contributed by atoms with Crippen molar-refractivity contribution in [2.24, 2.45) is 5.92 Å². The quantitative estimate of drug-likeness (QED) is 0.323. The van der Waals surface area contributed by atoms with Crippen LogP contribution in [-0.2, 0) is 16.0 Å². The largest absolute Gasteiger partial charge is 0.493 e. The molecular weight excluding hydrogens is 602 g/mol. The summed E-state index contributed by atoms with van der Waals surface area (Å²) in [4.78, 5) is 37.0. The summed E-state index contributed by atoms with van der Waals surface area (Å²) in [5, 5.41) is 3.56. The molecule has 46 heavy (non-hydrogen) atoms. The molecule has 244 valence electrons. The number of carbonyl (C=O) groups excluding carboxylic acids is 2. The number of nitrogens with zero attached hydrogens (tertiary/aromatic N) is 4. The molecule has 1 aromatic heterocycles. The Hall–Kier alpha value is -3.82. The average molecular weight is 646 g/mol. The fourth-order valence-electron chi connectivity index (χ4n) is 7.20. The lowest BCUT2D eigenvalue weighted by molar-refractivity contribution is -0.125. The van der Waals surface area contributed by atoms with Crippen LogP contribution in [-0.4, -0.2) is 74.2 Å². The van der Waals surface area contributed by atoms with E-state index in [0.717, 1.165) is 67.7 Å². The Morgan fingerprint density at radius 3 is 2.46 bits per heavy atom. The van der Waals surface area contributed by atoms with E-state index in [4.69, 9.17) is 26.1 Å². The number of benzene rings is 2. The molecule has 1 saturated carbocycles. The van der Waals surface area contributed by atoms with E-state index in [0.29, 0.717) is 40.8 Å². The van der Waals surface area contributed by atoms with Crippen LogP contribution in [0.4, 0.5) is 11.5 Å². The van der Waals surface area contributed by atoms with E-state index in [2.05, 4.69) is 28.2 Å². The number of methoxy groups -OCH3 is 1. The Morgan fingerprint density at radius 2 is 1.80 bits per heavy atom. The fourth-order valence-corrected chi connectivity index (χ4v) is 7.32. The van der Waals surface area contributed by atoms with Gasteiger partial charge in [-0.05, 0) is 98.5 Å². The van der Waals surface area contributed by atoms with E-state index in [1.165, 1.54) is 0 Å². The molecule has 1 atom stereocenters. The van der Waals surface area contributed by atoms with Crippen LogP contribution in [0.2, 0.25) is 5.02 Å². The molecule has 2 fully saturated rings. The van der Waals surface area contributed by atoms with Gasteiger partial charge in [0.25, 0.3) is 0 Å². The van der Waals surface area contributed by atoms with E-state index in [-0.39, 0.29) is 24.3 Å². The molecule has 9 nitrogen and oxygen atoms in total. The van der Waals surface area contributed by atoms with Gasteiger partial charge < -0.3 is 19.7 Å². The predicted molar refractivity (Wildman–Crippen MR) is 181 cm³/mol. The van der Waals surface area contributed by atoms with Crippen molar-refractivity contribution in [3.63, 3.8) is 0 Å². The van der Waals surface area contributed by atoms with E-state index in [1.54, 1.807) is 12.0 Å². The summed E-state index contributed by atoms with van der Waals surface area (Å²) in [7, 11) is 3.73. The molecule has 1 saturated heterocycles. The first-order chi connectivity index (χ1) is 22.2. The Bertz CT molecular complexity index is 1540. The second kappa shape index (κ2) is 13.9. The van der Waals surface area contributed by atoms with Crippen LogP contribution in [0.3, 0.4) is 0 Å². The lowest BCUT2D eigenvalue weighted by Crippen LogP contribution is -2.52. The van der Waals surface area contributed by atoms with Crippen molar-refractivity contribution in [1.29, 1.82) is 0 Å². The van der Waals surface area contributed by atoms with Gasteiger partial charge in [-0.15, -0.1) is 0 Å². The van der Waals surface area contributed by atoms with Gasteiger partial charge >= 0.3 is 0 Å². The van der Waals surface area contributed by atoms with Crippen molar-refractivity contribution in [2.75, 3.05) is 50.1 Å². The van der Waals surface area contributed by atoms with Gasteiger partial charge in [0.1, 0.15) is 5.82 Å². The van der Waals surface area contributed by atoms with Crippen molar-refractivity contribution in [2.45, 2.75) is 64.1 Å². The number of nitrogens with one attached hydrogen (secondary N) is 1. The number of aromatic nitrogens is 1. The molecule has 0 radical (unpaired) electrons. The number of fused-ring (bicyclic) bond motifs is 1. The normalized spacial score (nSPS) is 22.0. The number of piperazine rings is 1. The van der Waals surface area contributed by atoms with Crippen molar-refractivity contribution in [3.05, 3.63) is 76.4 Å². The van der Waals surface area contributed by atoms with E-state index in [9.17, 15) is 9.59 Å². The minimum Gasteiger partial charge on any atom is -0.493 e. The number of hydrogen-bond acceptors (Lipinski definition) is 7. The molecule has 0 spiro atoms. The molecule has 2 amide bonds. The third-order valence-corrected chi connectivity index (χ3v) is 9.74. The first kappa shape index (κ1) is 32.1. The molecule has 2 aromatic carbocycles. The number of ether oxygens (including phenoxy) is 2. The number of pyridine rings is 1. The van der Waals surface area contributed by atoms with Crippen LogP contribution in [0.5, 0.6) is 11.5 Å². The Balaban J connectivity index is 1.21. The summed E-state index contributed by atoms with van der Waals surface area (Å²) in [5.41, 5.74) is 3.83. The zero-order chi connectivity index (χ0) is 32.4. The predicted octanol–water partition coefficient (Wildman–Crippen LogP) is 5.64. The zero-order valence-corrected chi connectivity index (χ0v) is 27.9. The van der Waals surface area contributed by atoms with Crippen molar-refractivity contribution >= 4 is 34.9 Å². The highest BCUT2D eigenvalue weighted by atomic mass is 35.5. The summed E-state index contributed by atoms with van der Waals surface area (Å²) in [6.07, 6.45) is 6.61. The number of carbonyl (C=O) groups is 2. The molecule has 10 heteroatoms. The molecule has 0 bridgehead atoms. The van der Waals surface area contributed by atoms with Crippen LogP contribution < -0.4 is 24.6 Å². The lowest BCUT2D eigenvalue weighted by atomic mass is 9.84. The maximum absolute atomic E-state index is 13.9. The smallest absolute Gasteiger partial charge is 0.234 e. The van der Waals surface area contributed by atoms with Gasteiger partial charge in [0, 0.05) is 37.7 Å². The molecule has 3 heterocycles. The highest BCUT2D eigenvalue weighted by Gasteiger charge is 2.37. The van der Waals surface area contributed by atoms with Crippen LogP contribution in [0.25, 0.3) is 0 Å². The molecule has 1 aliphatic carbocycles. The van der Waals surface area contributed by atoms with E-state index in [1.807, 2.05) is 62.5 Å². The maximum Gasteiger partial charge on any atom is 0.234 e. The number of halogens is 1. The molecule has 0 unspecified atom stereocenters. The van der Waals surface area contributed by atoms with E-state index < -0.39 is 6.04 Å². The molecule has 3 aromatic rings. The second-order valence-electron chi connectivity index (χ2n) is 13.0. The van der Waals surface area contributed by atoms with Crippen LogP contribution in [0, 0.1) is 5.92 Å². The number of rotatable bonds is 9. The van der Waals surface area contributed by atoms with Crippen LogP contribution in [0.1, 0.15) is 62.3 Å². The number of amides is 2. The first-order valence-electron chi connectivity index (χ1n) is 16.3. The molecule has 2 aliphatic heterocycles.